The summed E-state index contributed by atoms with van der Waals surface area (Å²) in [6, 6.07) is 12.6. The Morgan fingerprint density at radius 2 is 1.93 bits per heavy atom. The molecule has 0 fully saturated rings. The standard InChI is InChI=1S/C21H24N2O5/c1-3-4-20(24)22-15-5-10-19-18(13-15)23(21(25)14-28-19)11-12-27-17-8-6-16(26-2)7-9-17/h5-10,13H,3-4,11-12,14H2,1-2H3,(H,22,24). The van der Waals surface area contributed by atoms with Crippen LogP contribution in [-0.2, 0) is 9.59 Å². The molecule has 0 unspecified atom stereocenters. The van der Waals surface area contributed by atoms with Gasteiger partial charge in [0.25, 0.3) is 5.91 Å². The number of hydrogen-bond acceptors (Lipinski definition) is 5. The van der Waals surface area contributed by atoms with E-state index in [1.54, 1.807) is 30.2 Å². The third-order valence-corrected chi connectivity index (χ3v) is 4.31. The van der Waals surface area contributed by atoms with Crippen LogP contribution in [0.5, 0.6) is 17.2 Å². The first kappa shape index (κ1) is 19.5. The van der Waals surface area contributed by atoms with Crippen molar-refractivity contribution in [2.24, 2.45) is 0 Å². The van der Waals surface area contributed by atoms with Gasteiger partial charge >= 0.3 is 0 Å². The number of amides is 2. The lowest BCUT2D eigenvalue weighted by Gasteiger charge is -2.29. The van der Waals surface area contributed by atoms with E-state index in [0.29, 0.717) is 42.4 Å². The summed E-state index contributed by atoms with van der Waals surface area (Å²) < 4.78 is 16.4. The van der Waals surface area contributed by atoms with Gasteiger partial charge in [0.2, 0.25) is 5.91 Å². The maximum Gasteiger partial charge on any atom is 0.265 e. The third kappa shape index (κ3) is 4.73. The Morgan fingerprint density at radius 3 is 2.64 bits per heavy atom. The van der Waals surface area contributed by atoms with Gasteiger partial charge < -0.3 is 24.4 Å². The van der Waals surface area contributed by atoms with Crippen LogP contribution in [0.25, 0.3) is 0 Å². The molecular weight excluding hydrogens is 360 g/mol. The molecule has 28 heavy (non-hydrogen) atoms. The largest absolute Gasteiger partial charge is 0.497 e. The molecule has 1 N–H and O–H groups in total. The second-order valence-corrected chi connectivity index (χ2v) is 6.34. The highest BCUT2D eigenvalue weighted by molar-refractivity contribution is 5.99. The minimum absolute atomic E-state index is 0.0168. The third-order valence-electron chi connectivity index (χ3n) is 4.31. The molecule has 0 atom stereocenters. The molecule has 2 aromatic rings. The summed E-state index contributed by atoms with van der Waals surface area (Å²) in [5.74, 6) is 1.85. The number of hydrogen-bond donors (Lipinski definition) is 1. The summed E-state index contributed by atoms with van der Waals surface area (Å²) in [6.07, 6.45) is 1.22. The second-order valence-electron chi connectivity index (χ2n) is 6.34. The predicted molar refractivity (Wildman–Crippen MR) is 106 cm³/mol. The van der Waals surface area contributed by atoms with Crippen LogP contribution in [0.1, 0.15) is 19.8 Å². The van der Waals surface area contributed by atoms with Gasteiger partial charge in [-0.2, -0.15) is 0 Å². The minimum atomic E-state index is -0.150. The summed E-state index contributed by atoms with van der Waals surface area (Å²) in [5, 5.41) is 2.85. The highest BCUT2D eigenvalue weighted by Gasteiger charge is 2.26. The van der Waals surface area contributed by atoms with Crippen LogP contribution in [0.3, 0.4) is 0 Å². The van der Waals surface area contributed by atoms with Crippen molar-refractivity contribution < 1.29 is 23.8 Å². The maximum absolute atomic E-state index is 12.4. The highest BCUT2D eigenvalue weighted by atomic mass is 16.5. The molecule has 1 aliphatic rings. The van der Waals surface area contributed by atoms with E-state index in [1.807, 2.05) is 31.2 Å². The summed E-state index contributed by atoms with van der Waals surface area (Å²) in [4.78, 5) is 25.8. The van der Waals surface area contributed by atoms with Crippen LogP contribution in [0.4, 0.5) is 11.4 Å². The SMILES string of the molecule is CCCC(=O)Nc1ccc2c(c1)N(CCOc1ccc(OC)cc1)C(=O)CO2. The molecule has 7 nitrogen and oxygen atoms in total. The molecule has 0 aliphatic carbocycles. The first-order valence-electron chi connectivity index (χ1n) is 9.24. The number of fused-ring (bicyclic) bond motifs is 1. The smallest absolute Gasteiger partial charge is 0.265 e. The Bertz CT molecular complexity index is 835. The number of carbonyl (C=O) groups excluding carboxylic acids is 2. The van der Waals surface area contributed by atoms with E-state index in [-0.39, 0.29) is 18.4 Å². The van der Waals surface area contributed by atoms with Gasteiger partial charge in [-0.25, -0.2) is 0 Å². The van der Waals surface area contributed by atoms with Crippen LogP contribution < -0.4 is 24.4 Å². The summed E-state index contributed by atoms with van der Waals surface area (Å²) in [7, 11) is 1.61. The number of nitrogens with zero attached hydrogens (tertiary/aromatic N) is 1. The second kappa shape index (κ2) is 9.12. The van der Waals surface area contributed by atoms with E-state index in [0.717, 1.165) is 12.2 Å². The maximum atomic E-state index is 12.4. The minimum Gasteiger partial charge on any atom is -0.497 e. The van der Waals surface area contributed by atoms with Gasteiger partial charge in [0, 0.05) is 12.1 Å². The first-order chi connectivity index (χ1) is 13.6. The number of ether oxygens (including phenoxy) is 3. The quantitative estimate of drug-likeness (QED) is 0.756. The van der Waals surface area contributed by atoms with Crippen LogP contribution in [-0.4, -0.2) is 38.7 Å². The van der Waals surface area contributed by atoms with E-state index in [1.165, 1.54) is 0 Å². The molecule has 1 heterocycles. The Labute approximate surface area is 164 Å². The van der Waals surface area contributed by atoms with Crippen molar-refractivity contribution in [2.45, 2.75) is 19.8 Å². The van der Waals surface area contributed by atoms with E-state index in [2.05, 4.69) is 5.32 Å². The fraction of sp³-hybridized carbons (Fsp3) is 0.333. The number of nitrogens with one attached hydrogen (secondary N) is 1. The Balaban J connectivity index is 1.67. The monoisotopic (exact) mass is 384 g/mol. The average molecular weight is 384 g/mol. The molecule has 1 aliphatic heterocycles. The molecule has 2 amide bonds. The average Bonchev–Trinajstić information content (AvgIpc) is 2.70. The molecule has 0 bridgehead atoms. The fourth-order valence-corrected chi connectivity index (χ4v) is 2.90. The van der Waals surface area contributed by atoms with Gasteiger partial charge in [0.05, 0.1) is 19.3 Å². The van der Waals surface area contributed by atoms with Gasteiger partial charge in [0.1, 0.15) is 23.9 Å². The molecule has 2 aromatic carbocycles. The number of methoxy groups -OCH3 is 1. The number of rotatable bonds is 8. The van der Waals surface area contributed by atoms with Gasteiger partial charge in [0.15, 0.2) is 6.61 Å². The van der Waals surface area contributed by atoms with Crippen molar-refractivity contribution in [3.63, 3.8) is 0 Å². The zero-order valence-corrected chi connectivity index (χ0v) is 16.1. The van der Waals surface area contributed by atoms with Crippen molar-refractivity contribution >= 4 is 23.2 Å². The number of benzene rings is 2. The molecule has 0 saturated carbocycles. The first-order valence-corrected chi connectivity index (χ1v) is 9.24. The summed E-state index contributed by atoms with van der Waals surface area (Å²) >= 11 is 0. The van der Waals surface area contributed by atoms with Crippen LogP contribution in [0.15, 0.2) is 42.5 Å². The fourth-order valence-electron chi connectivity index (χ4n) is 2.90. The van der Waals surface area contributed by atoms with E-state index in [4.69, 9.17) is 14.2 Å². The molecule has 0 radical (unpaired) electrons. The van der Waals surface area contributed by atoms with Crippen LogP contribution >= 0.6 is 0 Å². The van der Waals surface area contributed by atoms with Gasteiger partial charge in [-0.1, -0.05) is 6.92 Å². The normalized spacial score (nSPS) is 12.8. The summed E-state index contributed by atoms with van der Waals surface area (Å²) in [6.45, 7) is 2.62. The Morgan fingerprint density at radius 1 is 1.18 bits per heavy atom. The van der Waals surface area contributed by atoms with Crippen molar-refractivity contribution in [3.8, 4) is 17.2 Å². The van der Waals surface area contributed by atoms with Crippen molar-refractivity contribution in [2.75, 3.05) is 37.1 Å². The molecule has 0 aromatic heterocycles. The molecule has 7 heteroatoms. The molecule has 3 rings (SSSR count). The van der Waals surface area contributed by atoms with Crippen molar-refractivity contribution in [3.05, 3.63) is 42.5 Å². The van der Waals surface area contributed by atoms with Crippen LogP contribution in [0, 0.1) is 0 Å². The number of carbonyl (C=O) groups is 2. The zero-order valence-electron chi connectivity index (χ0n) is 16.1. The van der Waals surface area contributed by atoms with Crippen LogP contribution in [0.2, 0.25) is 0 Å². The predicted octanol–water partition coefficient (Wildman–Crippen LogP) is 3.24. The molecular formula is C21H24N2O5. The summed E-state index contributed by atoms with van der Waals surface area (Å²) in [5.41, 5.74) is 1.26. The lowest BCUT2D eigenvalue weighted by molar-refractivity contribution is -0.121. The molecule has 148 valence electrons. The lowest BCUT2D eigenvalue weighted by atomic mass is 10.2. The van der Waals surface area contributed by atoms with E-state index in [9.17, 15) is 9.59 Å². The molecule has 0 saturated heterocycles. The van der Waals surface area contributed by atoms with E-state index >= 15 is 0 Å². The highest BCUT2D eigenvalue weighted by Crippen LogP contribution is 2.34. The van der Waals surface area contributed by atoms with E-state index < -0.39 is 0 Å². The van der Waals surface area contributed by atoms with Gasteiger partial charge in [-0.05, 0) is 48.9 Å². The lowest BCUT2D eigenvalue weighted by Crippen LogP contribution is -2.41. The van der Waals surface area contributed by atoms with Crippen molar-refractivity contribution in [1.29, 1.82) is 0 Å². The zero-order chi connectivity index (χ0) is 19.9. The topological polar surface area (TPSA) is 77.1 Å². The Hall–Kier alpha value is -3.22. The molecule has 0 spiro atoms. The van der Waals surface area contributed by atoms with Crippen molar-refractivity contribution in [1.82, 2.24) is 0 Å². The van der Waals surface area contributed by atoms with Gasteiger partial charge in [-0.3, -0.25) is 9.59 Å². The number of anilines is 2. The van der Waals surface area contributed by atoms with Gasteiger partial charge in [-0.15, -0.1) is 0 Å². The Kier molecular flexibility index (Phi) is 6.37.